The molecule has 1 atom stereocenters. The van der Waals surface area contributed by atoms with Gasteiger partial charge in [-0.3, -0.25) is 19.5 Å². The molecule has 0 aliphatic carbocycles. The molecule has 0 bridgehead atoms. The third-order valence-electron chi connectivity index (χ3n) is 5.56. The van der Waals surface area contributed by atoms with Gasteiger partial charge in [0.1, 0.15) is 17.3 Å². The van der Waals surface area contributed by atoms with Crippen molar-refractivity contribution in [3.8, 4) is 11.5 Å². The molecule has 1 aliphatic rings. The Morgan fingerprint density at radius 1 is 1.00 bits per heavy atom. The first kappa shape index (κ1) is 24.0. The monoisotopic (exact) mass is 472 g/mol. The average molecular weight is 473 g/mol. The van der Waals surface area contributed by atoms with Gasteiger partial charge < -0.3 is 14.6 Å². The number of hydrogen-bond acceptors (Lipinski definition) is 6. The number of ether oxygens (including phenoxy) is 2. The fraction of sp³-hybridized carbons (Fsp3) is 0.250. The van der Waals surface area contributed by atoms with Crippen LogP contribution in [0.1, 0.15) is 37.9 Å². The first-order valence-electron chi connectivity index (χ1n) is 11.6. The first-order chi connectivity index (χ1) is 16.9. The van der Waals surface area contributed by atoms with Crippen LogP contribution in [0, 0.1) is 5.92 Å². The van der Waals surface area contributed by atoms with Gasteiger partial charge in [0.25, 0.3) is 11.7 Å². The van der Waals surface area contributed by atoms with E-state index < -0.39 is 17.7 Å². The van der Waals surface area contributed by atoms with Gasteiger partial charge in [0.15, 0.2) is 0 Å². The van der Waals surface area contributed by atoms with E-state index in [-0.39, 0.29) is 11.3 Å². The van der Waals surface area contributed by atoms with E-state index >= 15 is 0 Å². The van der Waals surface area contributed by atoms with Gasteiger partial charge in [0, 0.05) is 29.7 Å². The number of aromatic nitrogens is 1. The van der Waals surface area contributed by atoms with Crippen molar-refractivity contribution in [3.63, 3.8) is 0 Å². The van der Waals surface area contributed by atoms with E-state index in [1.165, 1.54) is 4.90 Å². The summed E-state index contributed by atoms with van der Waals surface area (Å²) < 4.78 is 11.4. The average Bonchev–Trinajstić information content (AvgIpc) is 3.13. The van der Waals surface area contributed by atoms with Crippen molar-refractivity contribution in [1.29, 1.82) is 0 Å². The number of anilines is 1. The Kier molecular flexibility index (Phi) is 7.15. The molecule has 1 aromatic heterocycles. The van der Waals surface area contributed by atoms with E-state index in [2.05, 4.69) is 4.98 Å². The molecule has 1 amide bonds. The summed E-state index contributed by atoms with van der Waals surface area (Å²) in [6.07, 6.45) is 3.18. The second-order valence-corrected chi connectivity index (χ2v) is 8.61. The van der Waals surface area contributed by atoms with Crippen LogP contribution in [0.3, 0.4) is 0 Å². The summed E-state index contributed by atoms with van der Waals surface area (Å²) in [6, 6.07) is 16.5. The molecule has 1 saturated heterocycles. The SMILES string of the molecule is CCOc1cccc(N2C(=O)C(=O)/C(=C(/O)c3cccc(OCC(C)C)c3)C2c2ccncc2)c1. The molecule has 2 aromatic carbocycles. The van der Waals surface area contributed by atoms with Crippen molar-refractivity contribution < 1.29 is 24.2 Å². The predicted octanol–water partition coefficient (Wildman–Crippen LogP) is 5.14. The van der Waals surface area contributed by atoms with Gasteiger partial charge >= 0.3 is 0 Å². The van der Waals surface area contributed by atoms with Crippen molar-refractivity contribution in [2.45, 2.75) is 26.8 Å². The second-order valence-electron chi connectivity index (χ2n) is 8.61. The van der Waals surface area contributed by atoms with Gasteiger partial charge in [-0.2, -0.15) is 0 Å². The van der Waals surface area contributed by atoms with Gasteiger partial charge in [0.2, 0.25) is 0 Å². The normalized spacial score (nSPS) is 17.1. The van der Waals surface area contributed by atoms with E-state index in [1.54, 1.807) is 73.1 Å². The molecular weight excluding hydrogens is 444 g/mol. The lowest BCUT2D eigenvalue weighted by atomic mass is 9.95. The van der Waals surface area contributed by atoms with Gasteiger partial charge in [-0.1, -0.05) is 32.0 Å². The summed E-state index contributed by atoms with van der Waals surface area (Å²) >= 11 is 0. The Labute approximate surface area is 204 Å². The molecule has 3 aromatic rings. The molecule has 180 valence electrons. The minimum absolute atomic E-state index is 0.00372. The number of hydrogen-bond donors (Lipinski definition) is 1. The van der Waals surface area contributed by atoms with Crippen LogP contribution >= 0.6 is 0 Å². The lowest BCUT2D eigenvalue weighted by Gasteiger charge is -2.25. The Bertz CT molecular complexity index is 1250. The van der Waals surface area contributed by atoms with Crippen LogP contribution in [0.25, 0.3) is 5.76 Å². The van der Waals surface area contributed by atoms with Crippen LogP contribution in [0.2, 0.25) is 0 Å². The number of amides is 1. The smallest absolute Gasteiger partial charge is 0.300 e. The minimum atomic E-state index is -0.838. The fourth-order valence-electron chi connectivity index (χ4n) is 4.00. The maximum atomic E-state index is 13.3. The van der Waals surface area contributed by atoms with Gasteiger partial charge in [0.05, 0.1) is 24.8 Å². The molecule has 7 nitrogen and oxygen atoms in total. The first-order valence-corrected chi connectivity index (χ1v) is 11.6. The van der Waals surface area contributed by atoms with Gasteiger partial charge in [-0.05, 0) is 54.8 Å². The molecule has 2 heterocycles. The van der Waals surface area contributed by atoms with Crippen LogP contribution in [0.15, 0.2) is 78.6 Å². The highest BCUT2D eigenvalue weighted by Gasteiger charge is 2.47. The number of aliphatic hydroxyl groups excluding tert-OH is 1. The predicted molar refractivity (Wildman–Crippen MR) is 133 cm³/mol. The van der Waals surface area contributed by atoms with Crippen molar-refractivity contribution in [2.24, 2.45) is 5.92 Å². The maximum Gasteiger partial charge on any atom is 0.300 e. The van der Waals surface area contributed by atoms with Crippen LogP contribution in [0.4, 0.5) is 5.69 Å². The number of aliphatic hydroxyl groups is 1. The maximum absolute atomic E-state index is 13.3. The molecule has 0 saturated carbocycles. The number of carbonyl (C=O) groups excluding carboxylic acids is 2. The van der Waals surface area contributed by atoms with E-state index in [9.17, 15) is 14.7 Å². The van der Waals surface area contributed by atoms with Gasteiger partial charge in [-0.25, -0.2) is 0 Å². The van der Waals surface area contributed by atoms with E-state index in [1.807, 2.05) is 20.8 Å². The molecule has 35 heavy (non-hydrogen) atoms. The molecule has 1 N–H and O–H groups in total. The summed E-state index contributed by atoms with van der Waals surface area (Å²) in [6.45, 7) is 6.93. The highest BCUT2D eigenvalue weighted by Crippen LogP contribution is 2.42. The van der Waals surface area contributed by atoms with Crippen molar-refractivity contribution in [2.75, 3.05) is 18.1 Å². The van der Waals surface area contributed by atoms with E-state index in [0.29, 0.717) is 47.4 Å². The molecule has 1 unspecified atom stereocenters. The second kappa shape index (κ2) is 10.4. The third kappa shape index (κ3) is 5.04. The van der Waals surface area contributed by atoms with Crippen LogP contribution in [0.5, 0.6) is 11.5 Å². The number of rotatable bonds is 8. The zero-order valence-electron chi connectivity index (χ0n) is 20.0. The molecule has 0 radical (unpaired) electrons. The molecule has 0 spiro atoms. The molecular formula is C28H28N2O5. The number of carbonyl (C=O) groups is 2. The summed E-state index contributed by atoms with van der Waals surface area (Å²) in [5.74, 6) is -0.272. The van der Waals surface area contributed by atoms with Crippen LogP contribution in [-0.4, -0.2) is 35.0 Å². The Balaban J connectivity index is 1.84. The molecule has 4 rings (SSSR count). The highest BCUT2D eigenvalue weighted by atomic mass is 16.5. The number of Topliss-reactive ketones (excluding diaryl/α,β-unsaturated/α-hetero) is 1. The summed E-state index contributed by atoms with van der Waals surface area (Å²) in [5.41, 5.74) is 1.54. The Morgan fingerprint density at radius 3 is 2.37 bits per heavy atom. The summed E-state index contributed by atoms with van der Waals surface area (Å²) in [7, 11) is 0. The summed E-state index contributed by atoms with van der Waals surface area (Å²) in [5, 5.41) is 11.3. The zero-order chi connectivity index (χ0) is 24.9. The van der Waals surface area contributed by atoms with Crippen LogP contribution < -0.4 is 14.4 Å². The quantitative estimate of drug-likeness (QED) is 0.277. The highest BCUT2D eigenvalue weighted by molar-refractivity contribution is 6.51. The Morgan fingerprint density at radius 2 is 1.69 bits per heavy atom. The minimum Gasteiger partial charge on any atom is -0.507 e. The number of benzene rings is 2. The zero-order valence-corrected chi connectivity index (χ0v) is 20.0. The number of pyridine rings is 1. The van der Waals surface area contributed by atoms with Crippen molar-refractivity contribution in [3.05, 3.63) is 89.8 Å². The summed E-state index contributed by atoms with van der Waals surface area (Å²) in [4.78, 5) is 32.1. The lowest BCUT2D eigenvalue weighted by Crippen LogP contribution is -2.29. The third-order valence-corrected chi connectivity index (χ3v) is 5.56. The van der Waals surface area contributed by atoms with Gasteiger partial charge in [-0.15, -0.1) is 0 Å². The van der Waals surface area contributed by atoms with Crippen LogP contribution in [-0.2, 0) is 9.59 Å². The molecule has 1 aliphatic heterocycles. The largest absolute Gasteiger partial charge is 0.507 e. The van der Waals surface area contributed by atoms with E-state index in [0.717, 1.165) is 0 Å². The number of ketones is 1. The lowest BCUT2D eigenvalue weighted by molar-refractivity contribution is -0.132. The topological polar surface area (TPSA) is 89.0 Å². The molecule has 7 heteroatoms. The van der Waals surface area contributed by atoms with Crippen molar-refractivity contribution in [1.82, 2.24) is 4.98 Å². The number of nitrogens with zero attached hydrogens (tertiary/aromatic N) is 2. The standard InChI is InChI=1S/C28H28N2O5/c1-4-34-23-10-6-8-21(16-23)30-25(19-11-13-29-14-12-19)24(27(32)28(30)33)26(31)20-7-5-9-22(15-20)35-17-18(2)3/h5-16,18,25,31H,4,17H2,1-3H3/b26-24+. The Hall–Kier alpha value is -4.13. The van der Waals surface area contributed by atoms with Crippen molar-refractivity contribution >= 4 is 23.1 Å². The molecule has 1 fully saturated rings. The fourth-order valence-corrected chi connectivity index (χ4v) is 4.00. The van der Waals surface area contributed by atoms with E-state index in [4.69, 9.17) is 9.47 Å².